The summed E-state index contributed by atoms with van der Waals surface area (Å²) in [7, 11) is 4.32. The van der Waals surface area contributed by atoms with Gasteiger partial charge < -0.3 is 20.1 Å². The smallest absolute Gasteiger partial charge is 0.191 e. The van der Waals surface area contributed by atoms with E-state index in [1.165, 1.54) is 0 Å². The molecule has 26 heavy (non-hydrogen) atoms. The van der Waals surface area contributed by atoms with Crippen LogP contribution >= 0.6 is 0 Å². The Labute approximate surface area is 159 Å². The van der Waals surface area contributed by atoms with Crippen LogP contribution in [0, 0.1) is 0 Å². The molecule has 1 aliphatic carbocycles. The van der Waals surface area contributed by atoms with Crippen LogP contribution in [0.15, 0.2) is 23.2 Å². The number of aliphatic imine (C=N–C) groups is 1. The minimum atomic E-state index is -0.717. The van der Waals surface area contributed by atoms with Crippen LogP contribution in [0.25, 0.3) is 0 Å². The molecule has 0 amide bonds. The van der Waals surface area contributed by atoms with Crippen molar-refractivity contribution in [3.63, 3.8) is 0 Å². The Morgan fingerprint density at radius 1 is 1.27 bits per heavy atom. The highest BCUT2D eigenvalue weighted by Crippen LogP contribution is 2.27. The zero-order valence-corrected chi connectivity index (χ0v) is 17.0. The van der Waals surface area contributed by atoms with Gasteiger partial charge in [0, 0.05) is 41.4 Å². The summed E-state index contributed by atoms with van der Waals surface area (Å²) in [6, 6.07) is 6.18. The number of nitrogens with one attached hydrogen (secondary N) is 2. The summed E-state index contributed by atoms with van der Waals surface area (Å²) in [5.74, 6) is 2.94. The lowest BCUT2D eigenvalue weighted by Crippen LogP contribution is -2.46. The highest BCUT2D eigenvalue weighted by atomic mass is 32.2. The molecule has 0 aromatic heterocycles. The predicted octanol–water partition coefficient (Wildman–Crippen LogP) is 2.45. The monoisotopic (exact) mass is 381 g/mol. The van der Waals surface area contributed by atoms with Crippen LogP contribution in [-0.2, 0) is 17.3 Å². The number of methoxy groups -OCH3 is 2. The van der Waals surface area contributed by atoms with Gasteiger partial charge in [0.1, 0.15) is 0 Å². The van der Waals surface area contributed by atoms with Crippen molar-refractivity contribution in [1.29, 1.82) is 0 Å². The predicted molar refractivity (Wildman–Crippen MR) is 108 cm³/mol. The molecular weight excluding hydrogens is 350 g/mol. The molecule has 0 heterocycles. The van der Waals surface area contributed by atoms with Crippen LogP contribution in [0.3, 0.4) is 0 Å². The average molecular weight is 382 g/mol. The Morgan fingerprint density at radius 2 is 2.04 bits per heavy atom. The zero-order valence-electron chi connectivity index (χ0n) is 16.2. The van der Waals surface area contributed by atoms with Crippen LogP contribution < -0.4 is 20.1 Å². The van der Waals surface area contributed by atoms with Gasteiger partial charge in [-0.05, 0) is 37.0 Å². The standard InChI is InChI=1S/C19H31N3O3S/c1-5-26(23)16-8-6-7-15(12-16)22-19(20-2)21-13-14-9-10-17(24-3)18(11-14)25-4/h9-11,15-16H,5-8,12-13H2,1-4H3,(H2,20,21,22). The van der Waals surface area contributed by atoms with Crippen LogP contribution in [0.2, 0.25) is 0 Å². The first-order chi connectivity index (χ1) is 12.6. The molecule has 1 fully saturated rings. The maximum Gasteiger partial charge on any atom is 0.191 e. The Bertz CT molecular complexity index is 636. The third kappa shape index (κ3) is 5.62. The molecule has 1 aromatic carbocycles. The summed E-state index contributed by atoms with van der Waals surface area (Å²) in [6.45, 7) is 2.63. The van der Waals surface area contributed by atoms with Crippen molar-refractivity contribution >= 4 is 16.8 Å². The molecule has 1 aromatic rings. The quantitative estimate of drug-likeness (QED) is 0.561. The molecule has 3 atom stereocenters. The Balaban J connectivity index is 1.91. The summed E-state index contributed by atoms with van der Waals surface area (Å²) in [6.07, 6.45) is 4.21. The van der Waals surface area contributed by atoms with Crippen molar-refractivity contribution in [3.8, 4) is 11.5 Å². The van der Waals surface area contributed by atoms with Gasteiger partial charge in [0.15, 0.2) is 17.5 Å². The number of hydrogen-bond donors (Lipinski definition) is 2. The second-order valence-corrected chi connectivity index (χ2v) is 8.42. The van der Waals surface area contributed by atoms with E-state index in [0.717, 1.165) is 48.7 Å². The van der Waals surface area contributed by atoms with E-state index in [2.05, 4.69) is 15.6 Å². The second-order valence-electron chi connectivity index (χ2n) is 6.41. The number of guanidine groups is 1. The average Bonchev–Trinajstić information content (AvgIpc) is 2.70. The van der Waals surface area contributed by atoms with Gasteiger partial charge in [0.25, 0.3) is 0 Å². The molecule has 7 heteroatoms. The third-order valence-corrected chi connectivity index (χ3v) is 6.50. The fourth-order valence-electron chi connectivity index (χ4n) is 3.31. The Kier molecular flexibility index (Phi) is 8.22. The van der Waals surface area contributed by atoms with Crippen molar-refractivity contribution in [2.24, 2.45) is 4.99 Å². The number of ether oxygens (including phenoxy) is 2. The molecular formula is C19H31N3O3S. The molecule has 1 saturated carbocycles. The number of benzene rings is 1. The van der Waals surface area contributed by atoms with E-state index in [9.17, 15) is 4.21 Å². The topological polar surface area (TPSA) is 72.0 Å². The Hall–Kier alpha value is -1.76. The van der Waals surface area contributed by atoms with E-state index in [-0.39, 0.29) is 0 Å². The lowest BCUT2D eigenvalue weighted by atomic mass is 9.95. The molecule has 6 nitrogen and oxygen atoms in total. The lowest BCUT2D eigenvalue weighted by Gasteiger charge is -2.30. The largest absolute Gasteiger partial charge is 0.493 e. The first-order valence-corrected chi connectivity index (χ1v) is 10.5. The van der Waals surface area contributed by atoms with Crippen molar-refractivity contribution in [3.05, 3.63) is 23.8 Å². The second kappa shape index (κ2) is 10.4. The van der Waals surface area contributed by atoms with Gasteiger partial charge in [-0.2, -0.15) is 0 Å². The van der Waals surface area contributed by atoms with Gasteiger partial charge in [-0.1, -0.05) is 19.4 Å². The van der Waals surface area contributed by atoms with Gasteiger partial charge in [-0.3, -0.25) is 9.20 Å². The van der Waals surface area contributed by atoms with Gasteiger partial charge in [0.2, 0.25) is 0 Å². The van der Waals surface area contributed by atoms with E-state index >= 15 is 0 Å². The molecule has 0 bridgehead atoms. The van der Waals surface area contributed by atoms with E-state index < -0.39 is 10.8 Å². The summed E-state index contributed by atoms with van der Waals surface area (Å²) in [4.78, 5) is 4.33. The molecule has 0 spiro atoms. The third-order valence-electron chi connectivity index (χ3n) is 4.75. The maximum absolute atomic E-state index is 12.1. The minimum Gasteiger partial charge on any atom is -0.493 e. The van der Waals surface area contributed by atoms with Crippen molar-refractivity contribution < 1.29 is 13.7 Å². The van der Waals surface area contributed by atoms with Crippen LogP contribution in [-0.4, -0.2) is 48.5 Å². The number of nitrogens with zero attached hydrogens (tertiary/aromatic N) is 1. The summed E-state index contributed by atoms with van der Waals surface area (Å²) < 4.78 is 22.7. The number of rotatable bonds is 7. The molecule has 2 rings (SSSR count). The van der Waals surface area contributed by atoms with Crippen LogP contribution in [0.1, 0.15) is 38.2 Å². The number of hydrogen-bond acceptors (Lipinski definition) is 4. The summed E-state index contributed by atoms with van der Waals surface area (Å²) in [5, 5.41) is 7.13. The van der Waals surface area contributed by atoms with Crippen molar-refractivity contribution in [2.75, 3.05) is 27.0 Å². The van der Waals surface area contributed by atoms with Gasteiger partial charge in [-0.25, -0.2) is 0 Å². The van der Waals surface area contributed by atoms with Crippen molar-refractivity contribution in [2.45, 2.75) is 50.4 Å². The van der Waals surface area contributed by atoms with E-state index in [0.29, 0.717) is 23.6 Å². The van der Waals surface area contributed by atoms with E-state index in [1.54, 1.807) is 21.3 Å². The highest BCUT2D eigenvalue weighted by Gasteiger charge is 2.26. The molecule has 146 valence electrons. The molecule has 1 aliphatic rings. The molecule has 0 aliphatic heterocycles. The fourth-order valence-corrected chi connectivity index (χ4v) is 4.66. The first-order valence-electron chi connectivity index (χ1n) is 9.16. The molecule has 0 saturated heterocycles. The highest BCUT2D eigenvalue weighted by molar-refractivity contribution is 7.85. The van der Waals surface area contributed by atoms with Gasteiger partial charge in [-0.15, -0.1) is 0 Å². The van der Waals surface area contributed by atoms with Crippen molar-refractivity contribution in [1.82, 2.24) is 10.6 Å². The summed E-state index contributed by atoms with van der Waals surface area (Å²) >= 11 is 0. The van der Waals surface area contributed by atoms with Crippen LogP contribution in [0.4, 0.5) is 0 Å². The van der Waals surface area contributed by atoms with E-state index in [1.807, 2.05) is 25.1 Å². The first kappa shape index (κ1) is 20.6. The normalized spacial score (nSPS) is 21.8. The maximum atomic E-state index is 12.1. The van der Waals surface area contributed by atoms with Gasteiger partial charge in [0.05, 0.1) is 14.2 Å². The minimum absolute atomic E-state index is 0.301. The van der Waals surface area contributed by atoms with Crippen LogP contribution in [0.5, 0.6) is 11.5 Å². The lowest BCUT2D eigenvalue weighted by molar-refractivity contribution is 0.354. The molecule has 2 N–H and O–H groups in total. The molecule has 3 unspecified atom stereocenters. The Morgan fingerprint density at radius 3 is 2.69 bits per heavy atom. The SMILES string of the molecule is CCS(=O)C1CCCC(NC(=NC)NCc2ccc(OC)c(OC)c2)C1. The van der Waals surface area contributed by atoms with E-state index in [4.69, 9.17) is 9.47 Å². The van der Waals surface area contributed by atoms with Gasteiger partial charge >= 0.3 is 0 Å². The summed E-state index contributed by atoms with van der Waals surface area (Å²) in [5.41, 5.74) is 1.08. The molecule has 0 radical (unpaired) electrons. The zero-order chi connectivity index (χ0) is 18.9. The fraction of sp³-hybridized carbons (Fsp3) is 0.632.